The number of likely N-dealkylation sites (tertiary alicyclic amines) is 1. The number of aliphatic hydroxyl groups is 2. The predicted octanol–water partition coefficient (Wildman–Crippen LogP) is 0.375. The van der Waals surface area contributed by atoms with E-state index >= 15 is 0 Å². The molecule has 2 bridgehead atoms. The number of nitrogens with one attached hydrogen (secondary N) is 3. The number of ether oxygens (including phenoxy) is 1. The molecule has 10 atom stereocenters. The lowest BCUT2D eigenvalue weighted by atomic mass is 9.45. The molecule has 1 aliphatic heterocycles. The van der Waals surface area contributed by atoms with Gasteiger partial charge in [0.15, 0.2) is 0 Å². The number of aliphatic hydroxyl groups excluding tert-OH is 1. The first-order valence-corrected chi connectivity index (χ1v) is 18.0. The molecule has 0 aromatic heterocycles. The summed E-state index contributed by atoms with van der Waals surface area (Å²) in [5.74, 6) is 0.510. The Bertz CT molecular complexity index is 1110. The van der Waals surface area contributed by atoms with E-state index in [0.717, 1.165) is 75.1 Å². The van der Waals surface area contributed by atoms with Crippen LogP contribution in [0.25, 0.3) is 0 Å². The van der Waals surface area contributed by atoms with Gasteiger partial charge in [0.25, 0.3) is 5.96 Å². The number of quaternary nitrogens is 1. The summed E-state index contributed by atoms with van der Waals surface area (Å²) in [4.78, 5) is 18.7. The molecule has 4 aliphatic carbocycles. The van der Waals surface area contributed by atoms with Gasteiger partial charge in [-0.25, -0.2) is 4.99 Å². The molecule has 4 fully saturated rings. The lowest BCUT2D eigenvalue weighted by Crippen LogP contribution is -3.19. The maximum atomic E-state index is 13.1. The summed E-state index contributed by atoms with van der Waals surface area (Å²) in [6.07, 6.45) is 11.7. The molecule has 10 nitrogen and oxygen atoms in total. The number of allylic oxidation sites excluding steroid dienone is 1. The molecule has 0 aromatic carbocycles. The first kappa shape index (κ1) is 34.8. The van der Waals surface area contributed by atoms with Crippen LogP contribution in [0.5, 0.6) is 0 Å². The molecule has 5 rings (SSSR count). The van der Waals surface area contributed by atoms with E-state index in [1.807, 2.05) is 7.05 Å². The van der Waals surface area contributed by atoms with Crippen LogP contribution >= 0.6 is 0 Å². The Kier molecular flexibility index (Phi) is 11.0. The minimum Gasteiger partial charge on any atom is -0.545 e. The van der Waals surface area contributed by atoms with Gasteiger partial charge in [-0.1, -0.05) is 38.7 Å². The van der Waals surface area contributed by atoms with Gasteiger partial charge >= 0.3 is 0 Å². The van der Waals surface area contributed by atoms with Crippen molar-refractivity contribution >= 4 is 11.9 Å². The standard InChI is InChI=1S/C35H61N5O5/c1-5-6-7-8-24-10-12-27(37-3)18-29(24)45-22-33(44)20-34-23(2)9-11-25(17-28(34)30(33)31(42)43)35(34)21-40(32(36)38-4)15-13-26(35)19-39-14-16-41/h23-27,29,37,39,41,44H,5-22H2,1-4H3,(H2,36,38)(H,42,43). The van der Waals surface area contributed by atoms with Crippen molar-refractivity contribution in [3.63, 3.8) is 0 Å². The van der Waals surface area contributed by atoms with Crippen molar-refractivity contribution in [2.75, 3.05) is 53.5 Å². The van der Waals surface area contributed by atoms with E-state index in [9.17, 15) is 20.1 Å². The zero-order chi connectivity index (χ0) is 32.4. The Morgan fingerprint density at radius 3 is 2.71 bits per heavy atom. The minimum absolute atomic E-state index is 0.0109. The van der Waals surface area contributed by atoms with Crippen molar-refractivity contribution in [2.24, 2.45) is 45.2 Å². The van der Waals surface area contributed by atoms with Gasteiger partial charge in [0, 0.05) is 42.5 Å². The number of piperidine rings is 1. The van der Waals surface area contributed by atoms with Gasteiger partial charge in [0.2, 0.25) is 0 Å². The van der Waals surface area contributed by atoms with E-state index < -0.39 is 17.0 Å². The summed E-state index contributed by atoms with van der Waals surface area (Å²) in [5.41, 5.74) is 5.16. The number of carboxylic acids is 1. The summed E-state index contributed by atoms with van der Waals surface area (Å²) < 4.78 is 6.72. The Morgan fingerprint density at radius 1 is 1.22 bits per heavy atom. The number of carboxylic acid groups (broad SMARTS) is 1. The number of hydrogen-bond donors (Lipinski definition) is 6. The number of carbonyl (C=O) groups excluding carboxylic acids is 1. The van der Waals surface area contributed by atoms with Crippen LogP contribution in [0.1, 0.15) is 90.9 Å². The molecule has 10 heteroatoms. The van der Waals surface area contributed by atoms with Crippen LogP contribution in [-0.2, 0) is 9.53 Å². The van der Waals surface area contributed by atoms with Crippen LogP contribution in [0.3, 0.4) is 0 Å². The summed E-state index contributed by atoms with van der Waals surface area (Å²) in [5, 5.41) is 42.3. The molecule has 1 heterocycles. The lowest BCUT2D eigenvalue weighted by molar-refractivity contribution is -0.828. The highest BCUT2D eigenvalue weighted by molar-refractivity contribution is 5.90. The van der Waals surface area contributed by atoms with Crippen LogP contribution in [0.4, 0.5) is 0 Å². The number of carbonyl (C=O) groups is 1. The first-order chi connectivity index (χ1) is 21.6. The molecule has 45 heavy (non-hydrogen) atoms. The summed E-state index contributed by atoms with van der Waals surface area (Å²) >= 11 is 0. The smallest absolute Gasteiger partial charge is 0.293 e. The largest absolute Gasteiger partial charge is 0.545 e. The normalized spacial score (nSPS) is 41.6. The molecule has 1 saturated heterocycles. The molecule has 3 saturated carbocycles. The highest BCUT2D eigenvalue weighted by Crippen LogP contribution is 2.76. The van der Waals surface area contributed by atoms with Gasteiger partial charge in [-0.3, -0.25) is 4.90 Å². The number of aliphatic carboxylic acids is 1. The van der Waals surface area contributed by atoms with E-state index in [4.69, 9.17) is 10.5 Å². The molecule has 10 unspecified atom stereocenters. The van der Waals surface area contributed by atoms with Gasteiger partial charge in [-0.15, -0.1) is 0 Å². The van der Waals surface area contributed by atoms with Crippen LogP contribution in [0.15, 0.2) is 16.1 Å². The number of rotatable bonds is 13. The number of guanidine groups is 1. The Morgan fingerprint density at radius 2 is 2.02 bits per heavy atom. The summed E-state index contributed by atoms with van der Waals surface area (Å²) in [7, 11) is 3.74. The van der Waals surface area contributed by atoms with Crippen LogP contribution in [0, 0.1) is 34.5 Å². The molecule has 2 spiro atoms. The first-order valence-electron chi connectivity index (χ1n) is 18.0. The molecule has 5 aliphatic rings. The molecule has 0 amide bonds. The second kappa shape index (κ2) is 14.3. The molecule has 0 aromatic rings. The van der Waals surface area contributed by atoms with E-state index in [1.54, 1.807) is 7.05 Å². The number of aliphatic imine (C=N–C) groups is 1. The van der Waals surface area contributed by atoms with Gasteiger partial charge in [0.1, 0.15) is 5.60 Å². The van der Waals surface area contributed by atoms with Gasteiger partial charge in [0.05, 0.1) is 38.4 Å². The van der Waals surface area contributed by atoms with E-state index in [2.05, 4.69) is 29.5 Å². The molecule has 7 N–H and O–H groups in total. The van der Waals surface area contributed by atoms with E-state index in [1.165, 1.54) is 19.3 Å². The minimum atomic E-state index is -1.61. The number of nitrogens with two attached hydrogens (primary N) is 1. The SMILES string of the molecule is CCCCCC1CCC(NC)CC1OCC1(O)CC23C(=C1C(=O)[O-])CC(CCC2C)C31C[NH+](C(N)=NC)CCC1CNCCO. The van der Waals surface area contributed by atoms with Crippen LogP contribution < -0.4 is 26.4 Å². The zero-order valence-electron chi connectivity index (χ0n) is 28.3. The van der Waals surface area contributed by atoms with Crippen molar-refractivity contribution in [3.8, 4) is 0 Å². The lowest BCUT2D eigenvalue weighted by Gasteiger charge is -2.60. The average molecular weight is 632 g/mol. The molecule has 256 valence electrons. The van der Waals surface area contributed by atoms with Crippen molar-refractivity contribution in [1.82, 2.24) is 10.6 Å². The second-order valence-corrected chi connectivity index (χ2v) is 15.2. The number of nitrogens with zero attached hydrogens (tertiary/aromatic N) is 1. The Labute approximate surface area is 270 Å². The Balaban J connectivity index is 1.51. The predicted molar refractivity (Wildman–Crippen MR) is 173 cm³/mol. The third-order valence-corrected chi connectivity index (χ3v) is 13.2. The van der Waals surface area contributed by atoms with Crippen LogP contribution in [-0.4, -0.2) is 93.4 Å². The maximum Gasteiger partial charge on any atom is 0.293 e. The maximum absolute atomic E-state index is 13.1. The second-order valence-electron chi connectivity index (χ2n) is 15.2. The van der Waals surface area contributed by atoms with Gasteiger partial charge in [-0.05, 0) is 88.6 Å². The third kappa shape index (κ3) is 6.01. The van der Waals surface area contributed by atoms with Crippen molar-refractivity contribution < 1.29 is 29.8 Å². The van der Waals surface area contributed by atoms with E-state index in [-0.39, 0.29) is 42.1 Å². The average Bonchev–Trinajstić information content (AvgIpc) is 3.38. The van der Waals surface area contributed by atoms with E-state index in [0.29, 0.717) is 43.2 Å². The fraction of sp³-hybridized carbons (Fsp3) is 0.886. The fourth-order valence-corrected chi connectivity index (χ4v) is 11.2. The quantitative estimate of drug-likeness (QED) is 0.0968. The fourth-order valence-electron chi connectivity index (χ4n) is 11.2. The third-order valence-electron chi connectivity index (χ3n) is 13.2. The van der Waals surface area contributed by atoms with Crippen molar-refractivity contribution in [2.45, 2.75) is 109 Å². The van der Waals surface area contributed by atoms with Crippen molar-refractivity contribution in [1.29, 1.82) is 0 Å². The Hall–Kier alpha value is -1.56. The summed E-state index contributed by atoms with van der Waals surface area (Å²) in [6, 6.07) is 0.365. The highest BCUT2D eigenvalue weighted by atomic mass is 16.5. The van der Waals surface area contributed by atoms with Crippen LogP contribution in [0.2, 0.25) is 0 Å². The number of hydrogen-bond acceptors (Lipinski definition) is 8. The zero-order valence-corrected chi connectivity index (χ0v) is 28.3. The molecule has 0 radical (unpaired) electrons. The van der Waals surface area contributed by atoms with Crippen molar-refractivity contribution in [3.05, 3.63) is 11.1 Å². The topological polar surface area (TPSA) is 157 Å². The molecular weight excluding hydrogens is 570 g/mol. The highest BCUT2D eigenvalue weighted by Gasteiger charge is 2.75. The van der Waals surface area contributed by atoms with Gasteiger partial charge < -0.3 is 41.2 Å². The number of unbranched alkanes of at least 4 members (excludes halogenated alkanes) is 2. The monoisotopic (exact) mass is 631 g/mol. The van der Waals surface area contributed by atoms with Gasteiger partial charge in [-0.2, -0.15) is 0 Å². The summed E-state index contributed by atoms with van der Waals surface area (Å²) in [6.45, 7) is 7.46. The molecular formula is C35H61N5O5.